The molecular formula is C16H24N2O. The lowest BCUT2D eigenvalue weighted by Crippen LogP contribution is -2.44. The summed E-state index contributed by atoms with van der Waals surface area (Å²) in [4.78, 5) is 2.59. The lowest BCUT2D eigenvalue weighted by Gasteiger charge is -2.35. The van der Waals surface area contributed by atoms with Crippen LogP contribution in [0.1, 0.15) is 37.8 Å². The highest BCUT2D eigenvalue weighted by Gasteiger charge is 2.31. The summed E-state index contributed by atoms with van der Waals surface area (Å²) in [7, 11) is 0. The largest absolute Gasteiger partial charge is 0.491 e. The quantitative estimate of drug-likeness (QED) is 0.900. The molecule has 2 heterocycles. The van der Waals surface area contributed by atoms with Gasteiger partial charge in [0.05, 0.1) is 6.04 Å². The molecule has 0 saturated carbocycles. The van der Waals surface area contributed by atoms with Crippen molar-refractivity contribution in [1.29, 1.82) is 0 Å². The molecule has 0 amide bonds. The topological polar surface area (TPSA) is 24.5 Å². The minimum absolute atomic E-state index is 0.475. The van der Waals surface area contributed by atoms with Crippen molar-refractivity contribution in [3.8, 4) is 5.75 Å². The van der Waals surface area contributed by atoms with Crippen LogP contribution >= 0.6 is 0 Å². The number of benzene rings is 1. The van der Waals surface area contributed by atoms with Crippen molar-refractivity contribution in [2.75, 3.05) is 26.2 Å². The fourth-order valence-corrected chi connectivity index (χ4v) is 3.21. The lowest BCUT2D eigenvalue weighted by atomic mass is 10.00. The van der Waals surface area contributed by atoms with E-state index < -0.39 is 0 Å². The van der Waals surface area contributed by atoms with Crippen LogP contribution in [0.15, 0.2) is 24.3 Å². The van der Waals surface area contributed by atoms with Crippen molar-refractivity contribution < 1.29 is 4.74 Å². The van der Waals surface area contributed by atoms with Gasteiger partial charge in [0.1, 0.15) is 12.4 Å². The highest BCUT2D eigenvalue weighted by Crippen LogP contribution is 2.36. The van der Waals surface area contributed by atoms with Crippen LogP contribution in [-0.2, 0) is 0 Å². The average Bonchev–Trinajstić information content (AvgIpc) is 2.90. The molecule has 104 valence electrons. The van der Waals surface area contributed by atoms with E-state index in [9.17, 15) is 0 Å². The fourth-order valence-electron chi connectivity index (χ4n) is 3.21. The highest BCUT2D eigenvalue weighted by molar-refractivity contribution is 5.39. The van der Waals surface area contributed by atoms with Gasteiger partial charge in [0, 0.05) is 24.7 Å². The molecule has 1 fully saturated rings. The van der Waals surface area contributed by atoms with Crippen LogP contribution in [0.2, 0.25) is 0 Å². The van der Waals surface area contributed by atoms with Crippen molar-refractivity contribution >= 4 is 0 Å². The van der Waals surface area contributed by atoms with Crippen molar-refractivity contribution in [1.82, 2.24) is 10.2 Å². The van der Waals surface area contributed by atoms with E-state index >= 15 is 0 Å². The Morgan fingerprint density at radius 1 is 1.26 bits per heavy atom. The van der Waals surface area contributed by atoms with Crippen LogP contribution in [0, 0.1) is 0 Å². The van der Waals surface area contributed by atoms with Crippen LogP contribution in [0.25, 0.3) is 0 Å². The fraction of sp³-hybridized carbons (Fsp3) is 0.625. The Hall–Kier alpha value is -1.06. The first-order valence-corrected chi connectivity index (χ1v) is 7.57. The zero-order valence-electron chi connectivity index (χ0n) is 11.8. The van der Waals surface area contributed by atoms with Crippen LogP contribution in [-0.4, -0.2) is 37.2 Å². The summed E-state index contributed by atoms with van der Waals surface area (Å²) in [6.45, 7) is 6.58. The molecule has 0 spiro atoms. The predicted molar refractivity (Wildman–Crippen MR) is 77.6 cm³/mol. The van der Waals surface area contributed by atoms with Gasteiger partial charge in [0.2, 0.25) is 0 Å². The summed E-state index contributed by atoms with van der Waals surface area (Å²) in [5, 5.41) is 3.64. The number of para-hydroxylation sites is 1. The molecule has 1 N–H and O–H groups in total. The predicted octanol–water partition coefficient (Wildman–Crippen LogP) is 2.58. The van der Waals surface area contributed by atoms with Gasteiger partial charge in [-0.25, -0.2) is 0 Å². The first-order valence-electron chi connectivity index (χ1n) is 7.57. The Balaban J connectivity index is 1.58. The minimum atomic E-state index is 0.475. The third kappa shape index (κ3) is 2.77. The van der Waals surface area contributed by atoms with Gasteiger partial charge < -0.3 is 10.1 Å². The number of piperidine rings is 1. The molecule has 19 heavy (non-hydrogen) atoms. The van der Waals surface area contributed by atoms with Crippen molar-refractivity contribution in [3.05, 3.63) is 29.8 Å². The van der Waals surface area contributed by atoms with Crippen molar-refractivity contribution in [2.45, 2.75) is 38.3 Å². The molecule has 1 aromatic rings. The average molecular weight is 260 g/mol. The van der Waals surface area contributed by atoms with Crippen LogP contribution in [0.5, 0.6) is 5.75 Å². The van der Waals surface area contributed by atoms with Gasteiger partial charge in [-0.15, -0.1) is 0 Å². The van der Waals surface area contributed by atoms with E-state index in [2.05, 4.69) is 41.4 Å². The molecule has 3 rings (SSSR count). The maximum Gasteiger partial charge on any atom is 0.124 e. The smallest absolute Gasteiger partial charge is 0.124 e. The van der Waals surface area contributed by atoms with Gasteiger partial charge >= 0.3 is 0 Å². The molecule has 2 aliphatic heterocycles. The van der Waals surface area contributed by atoms with Gasteiger partial charge in [-0.05, 0) is 31.9 Å². The zero-order valence-corrected chi connectivity index (χ0v) is 11.8. The molecule has 1 unspecified atom stereocenters. The maximum atomic E-state index is 5.80. The molecule has 3 nitrogen and oxygen atoms in total. The zero-order chi connectivity index (χ0) is 13.1. The molecular weight excluding hydrogens is 236 g/mol. The monoisotopic (exact) mass is 260 g/mol. The molecule has 1 aromatic carbocycles. The number of nitrogens with one attached hydrogen (secondary N) is 1. The van der Waals surface area contributed by atoms with E-state index in [4.69, 9.17) is 4.74 Å². The molecule has 0 radical (unpaired) electrons. The van der Waals surface area contributed by atoms with E-state index in [1.165, 1.54) is 37.9 Å². The SMILES string of the molecule is CCCNC1CCN(C2COc3ccccc32)CC1. The van der Waals surface area contributed by atoms with Gasteiger partial charge in [-0.3, -0.25) is 4.90 Å². The van der Waals surface area contributed by atoms with E-state index in [1.807, 2.05) is 0 Å². The molecule has 0 aromatic heterocycles. The second kappa shape index (κ2) is 5.93. The first kappa shape index (κ1) is 12.9. The Morgan fingerprint density at radius 2 is 2.05 bits per heavy atom. The first-order chi connectivity index (χ1) is 9.38. The van der Waals surface area contributed by atoms with Crippen LogP contribution in [0.4, 0.5) is 0 Å². The van der Waals surface area contributed by atoms with Crippen LogP contribution < -0.4 is 10.1 Å². The minimum Gasteiger partial charge on any atom is -0.491 e. The second-order valence-electron chi connectivity index (χ2n) is 5.63. The molecule has 3 heteroatoms. The number of hydrogen-bond acceptors (Lipinski definition) is 3. The van der Waals surface area contributed by atoms with Gasteiger partial charge in [-0.1, -0.05) is 25.1 Å². The summed E-state index contributed by atoms with van der Waals surface area (Å²) in [5.41, 5.74) is 1.38. The van der Waals surface area contributed by atoms with E-state index in [0.717, 1.165) is 18.9 Å². The summed E-state index contributed by atoms with van der Waals surface area (Å²) in [6, 6.07) is 9.68. The molecule has 0 bridgehead atoms. The molecule has 1 saturated heterocycles. The van der Waals surface area contributed by atoms with Crippen molar-refractivity contribution in [3.63, 3.8) is 0 Å². The third-order valence-corrected chi connectivity index (χ3v) is 4.33. The Morgan fingerprint density at radius 3 is 2.84 bits per heavy atom. The normalized spacial score (nSPS) is 24.2. The number of fused-ring (bicyclic) bond motifs is 1. The summed E-state index contributed by atoms with van der Waals surface area (Å²) in [6.07, 6.45) is 3.75. The standard InChI is InChI=1S/C16H24N2O/c1-2-9-17-13-7-10-18(11-8-13)15-12-19-16-6-4-3-5-14(15)16/h3-6,13,15,17H,2,7-12H2,1H3. The number of nitrogens with zero attached hydrogens (tertiary/aromatic N) is 1. The van der Waals surface area contributed by atoms with E-state index in [-0.39, 0.29) is 0 Å². The Bertz CT molecular complexity index is 413. The number of rotatable bonds is 4. The van der Waals surface area contributed by atoms with E-state index in [1.54, 1.807) is 0 Å². The highest BCUT2D eigenvalue weighted by atomic mass is 16.5. The Labute approximate surface area is 115 Å². The van der Waals surface area contributed by atoms with Crippen molar-refractivity contribution in [2.24, 2.45) is 0 Å². The second-order valence-corrected chi connectivity index (χ2v) is 5.63. The summed E-state index contributed by atoms with van der Waals surface area (Å²) in [5.74, 6) is 1.08. The maximum absolute atomic E-state index is 5.80. The molecule has 2 aliphatic rings. The molecule has 1 atom stereocenters. The molecule has 0 aliphatic carbocycles. The van der Waals surface area contributed by atoms with E-state index in [0.29, 0.717) is 12.1 Å². The van der Waals surface area contributed by atoms with Gasteiger partial charge in [0.25, 0.3) is 0 Å². The number of ether oxygens (including phenoxy) is 1. The third-order valence-electron chi connectivity index (χ3n) is 4.33. The Kier molecular flexibility index (Phi) is 4.04. The number of hydrogen-bond donors (Lipinski definition) is 1. The van der Waals surface area contributed by atoms with Crippen LogP contribution in [0.3, 0.4) is 0 Å². The number of likely N-dealkylation sites (tertiary alicyclic amines) is 1. The van der Waals surface area contributed by atoms with Gasteiger partial charge in [0.15, 0.2) is 0 Å². The lowest BCUT2D eigenvalue weighted by molar-refractivity contribution is 0.123. The summed E-state index contributed by atoms with van der Waals surface area (Å²) >= 11 is 0. The summed E-state index contributed by atoms with van der Waals surface area (Å²) < 4.78 is 5.80. The van der Waals surface area contributed by atoms with Gasteiger partial charge in [-0.2, -0.15) is 0 Å².